The molecule has 0 aliphatic carbocycles. The number of hydrogen-bond acceptors (Lipinski definition) is 6. The molecule has 2 rings (SSSR count). The number of benzene rings is 1. The number of carbonyl (C=O) groups is 4. The molecule has 1 aliphatic rings. The number of fused-ring (bicyclic) bond motifs is 2. The summed E-state index contributed by atoms with van der Waals surface area (Å²) in [6.07, 6.45) is 1.02. The van der Waals surface area contributed by atoms with Crippen molar-refractivity contribution in [1.29, 1.82) is 0 Å². The first-order valence-corrected chi connectivity index (χ1v) is 14.4. The van der Waals surface area contributed by atoms with Crippen LogP contribution < -0.4 is 21.3 Å². The summed E-state index contributed by atoms with van der Waals surface area (Å²) < 4.78 is 0. The highest BCUT2D eigenvalue weighted by Crippen LogP contribution is 2.18. The van der Waals surface area contributed by atoms with E-state index in [9.17, 15) is 19.2 Å². The topological polar surface area (TPSA) is 116 Å². The maximum atomic E-state index is 12.8. The lowest BCUT2D eigenvalue weighted by Gasteiger charge is -2.26. The van der Waals surface area contributed by atoms with E-state index in [0.29, 0.717) is 25.1 Å². The van der Waals surface area contributed by atoms with Crippen molar-refractivity contribution in [2.45, 2.75) is 70.2 Å². The van der Waals surface area contributed by atoms with Gasteiger partial charge in [0.2, 0.25) is 23.6 Å². The molecule has 0 saturated carbocycles. The zero-order valence-corrected chi connectivity index (χ0v) is 22.7. The van der Waals surface area contributed by atoms with E-state index in [0.717, 1.165) is 17.3 Å². The molecule has 2 bridgehead atoms. The first-order valence-electron chi connectivity index (χ1n) is 12.1. The van der Waals surface area contributed by atoms with Crippen molar-refractivity contribution in [2.24, 2.45) is 5.92 Å². The van der Waals surface area contributed by atoms with Gasteiger partial charge in [-0.25, -0.2) is 0 Å². The van der Waals surface area contributed by atoms with Crippen LogP contribution in [0.2, 0.25) is 0 Å². The fourth-order valence-electron chi connectivity index (χ4n) is 3.47. The van der Waals surface area contributed by atoms with E-state index in [1.165, 1.54) is 11.1 Å². The quantitative estimate of drug-likeness (QED) is 0.473. The second kappa shape index (κ2) is 15.0. The maximum Gasteiger partial charge on any atom is 0.242 e. The van der Waals surface area contributed by atoms with Crippen LogP contribution in [0.15, 0.2) is 24.3 Å². The molecule has 4 atom stereocenters. The molecule has 4 amide bonds. The molecular formula is C25H38N4O4S2. The van der Waals surface area contributed by atoms with Crippen LogP contribution in [0.3, 0.4) is 0 Å². The lowest BCUT2D eigenvalue weighted by Crippen LogP contribution is -2.56. The number of carbonyl (C=O) groups excluding carboxylic acids is 4. The van der Waals surface area contributed by atoms with Crippen molar-refractivity contribution in [3.63, 3.8) is 0 Å². The summed E-state index contributed by atoms with van der Waals surface area (Å²) in [4.78, 5) is 50.3. The summed E-state index contributed by atoms with van der Waals surface area (Å²) in [5.41, 5.74) is 2.43. The van der Waals surface area contributed by atoms with Crippen LogP contribution in [0.1, 0.15) is 51.7 Å². The van der Waals surface area contributed by atoms with E-state index in [1.54, 1.807) is 37.4 Å². The standard InChI is InChI=1S/C25H38N4O4S2/c1-5-16(2)22-25(33)26-10-12-35-15-20-8-6-7-19(13-20)14-34-11-9-21(30)27-17(3)23(31)28-18(4)24(32)29-22/h6-8,13,16-18,22H,5,9-12,14-15H2,1-4H3,(H,26,33)(H,27,30)(H,28,31)(H,29,32)/t16-,17-,18-,22-/m0/s1. The third kappa shape index (κ3) is 10.1. The zero-order chi connectivity index (χ0) is 25.8. The summed E-state index contributed by atoms with van der Waals surface area (Å²) in [5, 5.41) is 11.0. The number of hydrogen-bond donors (Lipinski definition) is 4. The molecule has 0 aromatic heterocycles. The molecule has 0 unspecified atom stereocenters. The van der Waals surface area contributed by atoms with Gasteiger partial charge in [-0.2, -0.15) is 23.5 Å². The predicted molar refractivity (Wildman–Crippen MR) is 143 cm³/mol. The Bertz CT molecular complexity index is 883. The minimum absolute atomic E-state index is 0.0705. The van der Waals surface area contributed by atoms with Crippen LogP contribution in [-0.2, 0) is 30.7 Å². The smallest absolute Gasteiger partial charge is 0.242 e. The number of rotatable bonds is 2. The fourth-order valence-corrected chi connectivity index (χ4v) is 5.17. The molecule has 35 heavy (non-hydrogen) atoms. The van der Waals surface area contributed by atoms with Crippen LogP contribution in [-0.4, -0.2) is 59.8 Å². The summed E-state index contributed by atoms with van der Waals surface area (Å²) in [6, 6.07) is 6.07. The van der Waals surface area contributed by atoms with Crippen molar-refractivity contribution in [3.05, 3.63) is 35.4 Å². The van der Waals surface area contributed by atoms with Crippen molar-refractivity contribution >= 4 is 47.2 Å². The molecule has 1 heterocycles. The van der Waals surface area contributed by atoms with Crippen molar-refractivity contribution in [1.82, 2.24) is 21.3 Å². The Morgan fingerprint density at radius 1 is 0.886 bits per heavy atom. The highest BCUT2D eigenvalue weighted by Gasteiger charge is 2.28. The lowest BCUT2D eigenvalue weighted by molar-refractivity contribution is -0.133. The predicted octanol–water partition coefficient (Wildman–Crippen LogP) is 2.21. The molecule has 4 N–H and O–H groups in total. The summed E-state index contributed by atoms with van der Waals surface area (Å²) in [6.45, 7) is 7.53. The summed E-state index contributed by atoms with van der Waals surface area (Å²) in [5.74, 6) is 1.66. The van der Waals surface area contributed by atoms with Gasteiger partial charge < -0.3 is 21.3 Å². The minimum Gasteiger partial charge on any atom is -0.353 e. The third-order valence-electron chi connectivity index (χ3n) is 5.86. The Labute approximate surface area is 216 Å². The van der Waals surface area contributed by atoms with Crippen LogP contribution >= 0.6 is 23.5 Å². The second-order valence-corrected chi connectivity index (χ2v) is 11.1. The van der Waals surface area contributed by atoms with Gasteiger partial charge in [-0.3, -0.25) is 19.2 Å². The van der Waals surface area contributed by atoms with Gasteiger partial charge >= 0.3 is 0 Å². The first-order chi connectivity index (χ1) is 16.7. The molecular weight excluding hydrogens is 484 g/mol. The monoisotopic (exact) mass is 522 g/mol. The van der Waals surface area contributed by atoms with Gasteiger partial charge in [0.15, 0.2) is 0 Å². The number of thioether (sulfide) groups is 2. The largest absolute Gasteiger partial charge is 0.353 e. The average Bonchev–Trinajstić information content (AvgIpc) is 2.83. The lowest BCUT2D eigenvalue weighted by atomic mass is 9.98. The van der Waals surface area contributed by atoms with Gasteiger partial charge in [0, 0.05) is 36.0 Å². The van der Waals surface area contributed by atoms with Gasteiger partial charge in [0.25, 0.3) is 0 Å². The summed E-state index contributed by atoms with van der Waals surface area (Å²) in [7, 11) is 0. The zero-order valence-electron chi connectivity index (χ0n) is 21.0. The number of amides is 4. The van der Waals surface area contributed by atoms with E-state index >= 15 is 0 Å². The Balaban J connectivity index is 2.10. The van der Waals surface area contributed by atoms with Gasteiger partial charge in [-0.1, -0.05) is 44.5 Å². The SMILES string of the molecule is CC[C@H](C)[C@@H]1NC(=O)[C@H](C)NC(=O)[C@H](C)NC(=O)CCSCc2cccc(c2)CSCCNC1=O. The second-order valence-electron chi connectivity index (χ2n) is 8.86. The van der Waals surface area contributed by atoms with Gasteiger partial charge in [0.1, 0.15) is 18.1 Å². The van der Waals surface area contributed by atoms with E-state index < -0.39 is 29.9 Å². The molecule has 10 heteroatoms. The van der Waals surface area contributed by atoms with Crippen LogP contribution in [0.4, 0.5) is 0 Å². The molecule has 8 nitrogen and oxygen atoms in total. The van der Waals surface area contributed by atoms with Crippen molar-refractivity contribution in [2.75, 3.05) is 18.1 Å². The first kappa shape index (κ1) is 29.0. The van der Waals surface area contributed by atoms with Gasteiger partial charge in [-0.15, -0.1) is 0 Å². The molecule has 0 spiro atoms. The van der Waals surface area contributed by atoms with Crippen LogP contribution in [0, 0.1) is 5.92 Å². The fraction of sp³-hybridized carbons (Fsp3) is 0.600. The summed E-state index contributed by atoms with van der Waals surface area (Å²) >= 11 is 3.41. The van der Waals surface area contributed by atoms with E-state index in [-0.39, 0.29) is 17.7 Å². The van der Waals surface area contributed by atoms with E-state index in [4.69, 9.17) is 0 Å². The number of nitrogens with one attached hydrogen (secondary N) is 4. The Morgan fingerprint density at radius 3 is 2.14 bits per heavy atom. The molecule has 1 aliphatic heterocycles. The van der Waals surface area contributed by atoms with Crippen LogP contribution in [0.25, 0.3) is 0 Å². The molecule has 1 aromatic carbocycles. The molecule has 0 saturated heterocycles. The average molecular weight is 523 g/mol. The third-order valence-corrected chi connectivity index (χ3v) is 7.92. The van der Waals surface area contributed by atoms with Crippen molar-refractivity contribution in [3.8, 4) is 0 Å². The molecule has 1 aromatic rings. The Hall–Kier alpha value is -2.20. The van der Waals surface area contributed by atoms with E-state index in [2.05, 4.69) is 39.5 Å². The van der Waals surface area contributed by atoms with Gasteiger partial charge in [0.05, 0.1) is 0 Å². The highest BCUT2D eigenvalue weighted by atomic mass is 32.2. The molecule has 0 fully saturated rings. The Morgan fingerprint density at radius 2 is 1.49 bits per heavy atom. The molecule has 194 valence electrons. The van der Waals surface area contributed by atoms with Crippen molar-refractivity contribution < 1.29 is 19.2 Å². The van der Waals surface area contributed by atoms with Crippen LogP contribution in [0.5, 0.6) is 0 Å². The normalized spacial score (nSPS) is 25.1. The van der Waals surface area contributed by atoms with Gasteiger partial charge in [-0.05, 0) is 30.9 Å². The maximum absolute atomic E-state index is 12.8. The molecule has 0 radical (unpaired) electrons. The highest BCUT2D eigenvalue weighted by molar-refractivity contribution is 7.98. The Kier molecular flexibility index (Phi) is 12.5. The van der Waals surface area contributed by atoms with E-state index in [1.807, 2.05) is 19.9 Å². The minimum atomic E-state index is -0.848.